The molecular weight excluding hydrogens is 252 g/mol. The van der Waals surface area contributed by atoms with Gasteiger partial charge in [-0.05, 0) is 6.92 Å². The van der Waals surface area contributed by atoms with E-state index in [1.807, 2.05) is 12.4 Å². The maximum Gasteiger partial charge on any atom is 0.205 e. The minimum absolute atomic E-state index is 0.441. The van der Waals surface area contributed by atoms with Gasteiger partial charge in [-0.25, -0.2) is 20.8 Å². The molecule has 0 amide bonds. The lowest BCUT2D eigenvalue weighted by molar-refractivity contribution is 0.414. The summed E-state index contributed by atoms with van der Waals surface area (Å²) in [5.41, 5.74) is 5.29. The molecule has 0 fully saturated rings. The maximum atomic E-state index is 5.35. The van der Waals surface area contributed by atoms with Gasteiger partial charge in [-0.2, -0.15) is 0 Å². The number of aromatic nitrogens is 3. The number of hydrogen-bond acceptors (Lipinski definition) is 8. The highest BCUT2D eigenvalue weighted by atomic mass is 32.1. The summed E-state index contributed by atoms with van der Waals surface area (Å²) >= 11 is 1.59. The molecule has 0 saturated heterocycles. The Morgan fingerprint density at radius 3 is 2.72 bits per heavy atom. The lowest BCUT2D eigenvalue weighted by Gasteiger charge is -2.12. The normalized spacial score (nSPS) is 10.2. The van der Waals surface area contributed by atoms with Crippen LogP contribution in [0.15, 0.2) is 11.8 Å². The van der Waals surface area contributed by atoms with Gasteiger partial charge in [-0.1, -0.05) is 0 Å². The molecule has 2 aromatic heterocycles. The second-order valence-electron chi connectivity index (χ2n) is 3.46. The summed E-state index contributed by atoms with van der Waals surface area (Å²) in [5.74, 6) is 6.87. The van der Waals surface area contributed by atoms with Gasteiger partial charge in [-0.3, -0.25) is 0 Å². The molecule has 0 aliphatic heterocycles. The Morgan fingerprint density at radius 1 is 1.33 bits per heavy atom. The smallest absolute Gasteiger partial charge is 0.205 e. The van der Waals surface area contributed by atoms with Crippen LogP contribution in [-0.2, 0) is 6.54 Å². The molecule has 0 saturated carbocycles. The molecule has 8 heteroatoms. The Labute approximate surface area is 108 Å². The minimum atomic E-state index is 0.441. The first-order valence-electron chi connectivity index (χ1n) is 5.24. The van der Waals surface area contributed by atoms with Gasteiger partial charge in [0.2, 0.25) is 5.75 Å². The topological polar surface area (TPSA) is 98.0 Å². The van der Waals surface area contributed by atoms with Gasteiger partial charge < -0.3 is 15.5 Å². The number of ether oxygens (including phenoxy) is 1. The fraction of sp³-hybridized carbons (Fsp3) is 0.300. The summed E-state index contributed by atoms with van der Waals surface area (Å²) in [6.07, 6.45) is 1.42. The first kappa shape index (κ1) is 12.5. The van der Waals surface area contributed by atoms with Crippen molar-refractivity contribution >= 4 is 23.0 Å². The maximum absolute atomic E-state index is 5.35. The van der Waals surface area contributed by atoms with Crippen LogP contribution in [0, 0.1) is 6.92 Å². The Balaban J connectivity index is 2.16. The van der Waals surface area contributed by atoms with Crippen molar-refractivity contribution in [2.45, 2.75) is 13.5 Å². The van der Waals surface area contributed by atoms with Gasteiger partial charge in [0.25, 0.3) is 0 Å². The van der Waals surface area contributed by atoms with Crippen molar-refractivity contribution in [1.82, 2.24) is 15.0 Å². The van der Waals surface area contributed by atoms with E-state index < -0.39 is 0 Å². The molecule has 2 rings (SSSR count). The number of rotatable bonds is 5. The fourth-order valence-corrected chi connectivity index (χ4v) is 2.17. The third kappa shape index (κ3) is 2.49. The first-order chi connectivity index (χ1) is 8.76. The van der Waals surface area contributed by atoms with Crippen LogP contribution in [0.25, 0.3) is 0 Å². The van der Waals surface area contributed by atoms with Gasteiger partial charge in [0.05, 0.1) is 24.9 Å². The van der Waals surface area contributed by atoms with Gasteiger partial charge in [0, 0.05) is 4.88 Å². The number of hydrogen-bond donors (Lipinski definition) is 3. The van der Waals surface area contributed by atoms with Crippen LogP contribution in [0.3, 0.4) is 0 Å². The molecule has 18 heavy (non-hydrogen) atoms. The van der Waals surface area contributed by atoms with E-state index >= 15 is 0 Å². The molecule has 0 unspecified atom stereocenters. The van der Waals surface area contributed by atoms with Crippen LogP contribution < -0.4 is 21.3 Å². The number of nitrogen functional groups attached to an aromatic ring is 1. The minimum Gasteiger partial charge on any atom is -0.490 e. The van der Waals surface area contributed by atoms with Crippen LogP contribution in [0.2, 0.25) is 0 Å². The quantitative estimate of drug-likeness (QED) is 0.551. The van der Waals surface area contributed by atoms with Crippen LogP contribution in [0.4, 0.5) is 11.6 Å². The third-order valence-electron chi connectivity index (χ3n) is 2.41. The van der Waals surface area contributed by atoms with E-state index in [1.165, 1.54) is 6.33 Å². The van der Waals surface area contributed by atoms with Crippen molar-refractivity contribution in [1.29, 1.82) is 0 Å². The van der Waals surface area contributed by atoms with Crippen molar-refractivity contribution in [3.8, 4) is 5.75 Å². The molecular formula is C10H14N6OS. The second-order valence-corrected chi connectivity index (χ2v) is 4.40. The molecule has 0 bridgehead atoms. The molecule has 0 aromatic carbocycles. The lowest BCUT2D eigenvalue weighted by atomic mass is 10.4. The molecule has 96 valence electrons. The van der Waals surface area contributed by atoms with Gasteiger partial charge in [-0.15, -0.1) is 11.3 Å². The standard InChI is InChI=1S/C10H14N6OS/c1-6-7(18-5-15-6)3-12-9-8(17-2)10(16-11)14-4-13-9/h4-5H,3,11H2,1-2H3,(H2,12,13,14,16). The number of anilines is 2. The predicted octanol–water partition coefficient (Wildman–Crippen LogP) is 1.15. The van der Waals surface area contributed by atoms with E-state index in [1.54, 1.807) is 18.4 Å². The van der Waals surface area contributed by atoms with Crippen LogP contribution in [0.5, 0.6) is 5.75 Å². The van der Waals surface area contributed by atoms with Crippen LogP contribution >= 0.6 is 11.3 Å². The van der Waals surface area contributed by atoms with Gasteiger partial charge >= 0.3 is 0 Å². The molecule has 0 atom stereocenters. The van der Waals surface area contributed by atoms with E-state index in [2.05, 4.69) is 25.7 Å². The summed E-state index contributed by atoms with van der Waals surface area (Å²) in [6, 6.07) is 0. The summed E-state index contributed by atoms with van der Waals surface area (Å²) in [5, 5.41) is 3.18. The molecule has 2 heterocycles. The molecule has 2 aromatic rings. The Kier molecular flexibility index (Phi) is 3.90. The number of nitrogens with one attached hydrogen (secondary N) is 2. The number of hydrazine groups is 1. The van der Waals surface area contributed by atoms with Crippen molar-refractivity contribution in [2.75, 3.05) is 17.9 Å². The zero-order chi connectivity index (χ0) is 13.0. The average Bonchev–Trinajstić information content (AvgIpc) is 2.81. The van der Waals surface area contributed by atoms with E-state index in [9.17, 15) is 0 Å². The third-order valence-corrected chi connectivity index (χ3v) is 3.34. The SMILES string of the molecule is COc1c(NN)ncnc1NCc1scnc1C. The molecule has 0 aliphatic carbocycles. The summed E-state index contributed by atoms with van der Waals surface area (Å²) in [6.45, 7) is 2.60. The van der Waals surface area contributed by atoms with Crippen LogP contribution in [-0.4, -0.2) is 22.1 Å². The van der Waals surface area contributed by atoms with Crippen molar-refractivity contribution in [3.63, 3.8) is 0 Å². The Hall–Kier alpha value is -1.93. The summed E-state index contributed by atoms with van der Waals surface area (Å²) in [4.78, 5) is 13.4. The summed E-state index contributed by atoms with van der Waals surface area (Å²) < 4.78 is 5.23. The van der Waals surface area contributed by atoms with Crippen molar-refractivity contribution in [2.24, 2.45) is 5.84 Å². The molecule has 0 aliphatic rings. The highest BCUT2D eigenvalue weighted by Gasteiger charge is 2.11. The number of nitrogens with two attached hydrogens (primary N) is 1. The first-order valence-corrected chi connectivity index (χ1v) is 6.12. The monoisotopic (exact) mass is 266 g/mol. The van der Waals surface area contributed by atoms with Gasteiger partial charge in [0.1, 0.15) is 6.33 Å². The highest BCUT2D eigenvalue weighted by Crippen LogP contribution is 2.28. The van der Waals surface area contributed by atoms with Crippen LogP contribution in [0.1, 0.15) is 10.6 Å². The largest absolute Gasteiger partial charge is 0.490 e. The van der Waals surface area contributed by atoms with Crippen molar-refractivity contribution in [3.05, 3.63) is 22.4 Å². The van der Waals surface area contributed by atoms with E-state index in [4.69, 9.17) is 10.6 Å². The predicted molar refractivity (Wildman–Crippen MR) is 70.6 cm³/mol. The van der Waals surface area contributed by atoms with E-state index in [-0.39, 0.29) is 0 Å². The average molecular weight is 266 g/mol. The number of aryl methyl sites for hydroxylation is 1. The van der Waals surface area contributed by atoms with Crippen molar-refractivity contribution < 1.29 is 4.74 Å². The molecule has 7 nitrogen and oxygen atoms in total. The second kappa shape index (κ2) is 5.61. The molecule has 4 N–H and O–H groups in total. The Morgan fingerprint density at radius 2 is 2.11 bits per heavy atom. The van der Waals surface area contributed by atoms with E-state index in [0.29, 0.717) is 23.9 Å². The molecule has 0 radical (unpaired) electrons. The van der Waals surface area contributed by atoms with E-state index in [0.717, 1.165) is 10.6 Å². The fourth-order valence-electron chi connectivity index (χ4n) is 1.46. The number of nitrogens with zero attached hydrogens (tertiary/aromatic N) is 3. The zero-order valence-electron chi connectivity index (χ0n) is 10.1. The summed E-state index contributed by atoms with van der Waals surface area (Å²) in [7, 11) is 1.54. The number of thiazole rings is 1. The number of methoxy groups -OCH3 is 1. The lowest BCUT2D eigenvalue weighted by Crippen LogP contribution is -2.12. The zero-order valence-corrected chi connectivity index (χ0v) is 10.9. The Bertz CT molecular complexity index is 529. The molecule has 0 spiro atoms. The van der Waals surface area contributed by atoms with Gasteiger partial charge in [0.15, 0.2) is 11.6 Å². The highest BCUT2D eigenvalue weighted by molar-refractivity contribution is 7.09.